The summed E-state index contributed by atoms with van der Waals surface area (Å²) in [4.78, 5) is 31.4. The summed E-state index contributed by atoms with van der Waals surface area (Å²) in [5.74, 6) is 0.1000. The Morgan fingerprint density at radius 3 is 2.71 bits per heavy atom. The van der Waals surface area contributed by atoms with Crippen molar-refractivity contribution in [3.05, 3.63) is 53.1 Å². The molecule has 2 aromatic carbocycles. The molecular formula is C23H23ClN4O4S2. The maximum atomic E-state index is 13.2. The van der Waals surface area contributed by atoms with Crippen LogP contribution in [0.3, 0.4) is 0 Å². The summed E-state index contributed by atoms with van der Waals surface area (Å²) in [7, 11) is -3.46. The van der Waals surface area contributed by atoms with E-state index in [9.17, 15) is 18.0 Å². The first-order valence-electron chi connectivity index (χ1n) is 11.0. The maximum absolute atomic E-state index is 13.2. The van der Waals surface area contributed by atoms with E-state index >= 15 is 0 Å². The molecule has 3 amide bonds. The van der Waals surface area contributed by atoms with Crippen LogP contribution < -0.4 is 10.6 Å². The predicted molar refractivity (Wildman–Crippen MR) is 132 cm³/mol. The molecule has 8 nitrogen and oxygen atoms in total. The van der Waals surface area contributed by atoms with Gasteiger partial charge in [0.2, 0.25) is 0 Å². The second-order valence-corrected chi connectivity index (χ2v) is 12.4. The largest absolute Gasteiger partial charge is 0.327 e. The molecule has 0 radical (unpaired) electrons. The van der Waals surface area contributed by atoms with Gasteiger partial charge in [0.25, 0.3) is 5.91 Å². The average Bonchev–Trinajstić information content (AvgIpc) is 3.31. The van der Waals surface area contributed by atoms with Gasteiger partial charge >= 0.3 is 6.03 Å². The number of imide groups is 1. The summed E-state index contributed by atoms with van der Waals surface area (Å²) in [6, 6.07) is 10.5. The Labute approximate surface area is 206 Å². The minimum Gasteiger partial charge on any atom is -0.302 e. The fourth-order valence-electron chi connectivity index (χ4n) is 4.15. The lowest BCUT2D eigenvalue weighted by Crippen LogP contribution is -2.34. The zero-order valence-electron chi connectivity index (χ0n) is 18.2. The molecule has 1 atom stereocenters. The van der Waals surface area contributed by atoms with Gasteiger partial charge in [-0.05, 0) is 62.1 Å². The molecule has 1 saturated heterocycles. The summed E-state index contributed by atoms with van der Waals surface area (Å²) >= 11 is 7.14. The van der Waals surface area contributed by atoms with Crippen LogP contribution in [0.25, 0.3) is 10.2 Å². The van der Waals surface area contributed by atoms with Crippen LogP contribution in [-0.2, 0) is 9.84 Å². The molecule has 2 aliphatic rings. The van der Waals surface area contributed by atoms with Gasteiger partial charge in [-0.15, -0.1) is 0 Å². The fourth-order valence-corrected chi connectivity index (χ4v) is 7.10. The Morgan fingerprint density at radius 1 is 1.15 bits per heavy atom. The summed E-state index contributed by atoms with van der Waals surface area (Å²) in [5, 5.41) is 4.83. The summed E-state index contributed by atoms with van der Waals surface area (Å²) < 4.78 is 27.1. The highest BCUT2D eigenvalue weighted by Gasteiger charge is 2.36. The Bertz CT molecular complexity index is 1370. The van der Waals surface area contributed by atoms with Gasteiger partial charge in [-0.2, -0.15) is 0 Å². The van der Waals surface area contributed by atoms with Crippen molar-refractivity contribution in [2.45, 2.75) is 29.4 Å². The van der Waals surface area contributed by atoms with E-state index in [1.54, 1.807) is 36.4 Å². The van der Waals surface area contributed by atoms with Crippen molar-refractivity contribution < 1.29 is 18.0 Å². The second-order valence-electron chi connectivity index (χ2n) is 8.70. The highest BCUT2D eigenvalue weighted by atomic mass is 35.5. The number of thiazole rings is 1. The number of nitrogens with one attached hydrogen (secondary N) is 2. The SMILES string of the molecule is O=C(NC(=O)c1ccccc1Cl)Nc1nc2ccc(S(=O)(=O)C3CCN(CC4CC4)C3)cc2s1. The lowest BCUT2D eigenvalue weighted by atomic mass is 10.2. The van der Waals surface area contributed by atoms with E-state index < -0.39 is 27.0 Å². The van der Waals surface area contributed by atoms with Gasteiger partial charge in [0.05, 0.1) is 30.9 Å². The van der Waals surface area contributed by atoms with Gasteiger partial charge in [-0.1, -0.05) is 35.1 Å². The maximum Gasteiger partial charge on any atom is 0.327 e. The van der Waals surface area contributed by atoms with Crippen LogP contribution in [0.15, 0.2) is 47.4 Å². The highest BCUT2D eigenvalue weighted by Crippen LogP contribution is 2.34. The molecule has 2 N–H and O–H groups in total. The molecule has 2 fully saturated rings. The van der Waals surface area contributed by atoms with Crippen LogP contribution in [0.1, 0.15) is 29.6 Å². The third-order valence-corrected chi connectivity index (χ3v) is 9.57. The summed E-state index contributed by atoms with van der Waals surface area (Å²) in [6.07, 6.45) is 3.14. The molecule has 0 spiro atoms. The van der Waals surface area contributed by atoms with Crippen molar-refractivity contribution in [1.29, 1.82) is 0 Å². The Morgan fingerprint density at radius 2 is 1.94 bits per heavy atom. The van der Waals surface area contributed by atoms with Crippen LogP contribution in [0.4, 0.5) is 9.93 Å². The molecule has 0 bridgehead atoms. The van der Waals surface area contributed by atoms with E-state index in [1.165, 1.54) is 18.9 Å². The first-order chi connectivity index (χ1) is 16.3. The molecule has 11 heteroatoms. The number of sulfone groups is 1. The van der Waals surface area contributed by atoms with Crippen LogP contribution in [0, 0.1) is 5.92 Å². The zero-order chi connectivity index (χ0) is 23.9. The number of nitrogens with zero attached hydrogens (tertiary/aromatic N) is 2. The summed E-state index contributed by atoms with van der Waals surface area (Å²) in [6.45, 7) is 2.39. The third kappa shape index (κ3) is 4.95. The Hall–Kier alpha value is -2.53. The van der Waals surface area contributed by atoms with Crippen molar-refractivity contribution in [1.82, 2.24) is 15.2 Å². The van der Waals surface area contributed by atoms with Crippen molar-refractivity contribution in [2.75, 3.05) is 25.0 Å². The number of anilines is 1. The number of rotatable bonds is 6. The third-order valence-electron chi connectivity index (χ3n) is 6.14. The van der Waals surface area contributed by atoms with E-state index in [4.69, 9.17) is 11.6 Å². The number of benzene rings is 2. The molecule has 5 rings (SSSR count). The molecule has 1 unspecified atom stereocenters. The number of hydrogen-bond acceptors (Lipinski definition) is 7. The molecule has 1 saturated carbocycles. The van der Waals surface area contributed by atoms with E-state index in [-0.39, 0.29) is 20.6 Å². The molecule has 2 heterocycles. The lowest BCUT2D eigenvalue weighted by molar-refractivity contribution is 0.0967. The number of amides is 3. The van der Waals surface area contributed by atoms with Gasteiger partial charge in [-0.3, -0.25) is 15.4 Å². The first-order valence-corrected chi connectivity index (χ1v) is 13.8. The first kappa shape index (κ1) is 23.2. The fraction of sp³-hybridized carbons (Fsp3) is 0.348. The smallest absolute Gasteiger partial charge is 0.302 e. The normalized spacial score (nSPS) is 18.8. The van der Waals surface area contributed by atoms with Gasteiger partial charge in [0, 0.05) is 13.1 Å². The number of carbonyl (C=O) groups excluding carboxylic acids is 2. The van der Waals surface area contributed by atoms with Gasteiger partial charge in [-0.25, -0.2) is 18.2 Å². The van der Waals surface area contributed by atoms with E-state index in [1.807, 2.05) is 0 Å². The molecule has 1 aromatic heterocycles. The molecule has 3 aromatic rings. The standard InChI is InChI=1S/C23H23ClN4O4S2/c24-18-4-2-1-3-17(18)21(29)26-22(30)27-23-25-19-8-7-15(11-20(19)33-23)34(31,32)16-9-10-28(13-16)12-14-5-6-14/h1-4,7-8,11,14,16H,5-6,9-10,12-13H2,(H2,25,26,27,29,30). The minimum atomic E-state index is -3.46. The molecule has 1 aliphatic heterocycles. The van der Waals surface area contributed by atoms with Crippen LogP contribution in [0.5, 0.6) is 0 Å². The van der Waals surface area contributed by atoms with Gasteiger partial charge < -0.3 is 4.90 Å². The second kappa shape index (κ2) is 9.26. The number of hydrogen-bond donors (Lipinski definition) is 2. The average molecular weight is 519 g/mol. The van der Waals surface area contributed by atoms with Gasteiger partial charge in [0.1, 0.15) is 0 Å². The minimum absolute atomic E-state index is 0.182. The van der Waals surface area contributed by atoms with Crippen LogP contribution in [0.2, 0.25) is 5.02 Å². The molecule has 1 aliphatic carbocycles. The molecule has 34 heavy (non-hydrogen) atoms. The van der Waals surface area contributed by atoms with Crippen molar-refractivity contribution in [3.63, 3.8) is 0 Å². The van der Waals surface area contributed by atoms with E-state index in [0.717, 1.165) is 30.3 Å². The topological polar surface area (TPSA) is 108 Å². The molecular weight excluding hydrogens is 496 g/mol. The number of aromatic nitrogens is 1. The van der Waals surface area contributed by atoms with Crippen molar-refractivity contribution >= 4 is 60.1 Å². The summed E-state index contributed by atoms with van der Waals surface area (Å²) in [5.41, 5.74) is 0.750. The Balaban J connectivity index is 1.26. The van der Waals surface area contributed by atoms with E-state index in [2.05, 4.69) is 20.5 Å². The lowest BCUT2D eigenvalue weighted by Gasteiger charge is -2.15. The Kier molecular flexibility index (Phi) is 6.32. The number of carbonyl (C=O) groups is 2. The van der Waals surface area contributed by atoms with Crippen molar-refractivity contribution in [3.8, 4) is 0 Å². The van der Waals surface area contributed by atoms with Gasteiger partial charge in [0.15, 0.2) is 15.0 Å². The number of fused-ring (bicyclic) bond motifs is 1. The number of likely N-dealkylation sites (tertiary alicyclic amines) is 1. The number of urea groups is 1. The van der Waals surface area contributed by atoms with Crippen molar-refractivity contribution in [2.24, 2.45) is 5.92 Å². The predicted octanol–water partition coefficient (Wildman–Crippen LogP) is 4.17. The highest BCUT2D eigenvalue weighted by molar-refractivity contribution is 7.92. The number of halogens is 1. The quantitative estimate of drug-likeness (QED) is 0.507. The van der Waals surface area contributed by atoms with Crippen LogP contribution in [-0.4, -0.2) is 55.1 Å². The molecule has 178 valence electrons. The van der Waals surface area contributed by atoms with Crippen LogP contribution >= 0.6 is 22.9 Å². The zero-order valence-corrected chi connectivity index (χ0v) is 20.5. The van der Waals surface area contributed by atoms with E-state index in [0.29, 0.717) is 23.2 Å². The monoisotopic (exact) mass is 518 g/mol.